The summed E-state index contributed by atoms with van der Waals surface area (Å²) in [4.78, 5) is 49.0. The Morgan fingerprint density at radius 3 is 2.25 bits per heavy atom. The fraction of sp³-hybridized carbons (Fsp3) is 0.361. The lowest BCUT2D eigenvalue weighted by atomic mass is 9.66. The highest BCUT2D eigenvalue weighted by Gasteiger charge is 2.78. The maximum atomic E-state index is 14.9. The maximum Gasteiger partial charge on any atom is 0.251 e. The van der Waals surface area contributed by atoms with E-state index >= 15 is 0 Å². The molecule has 3 aliphatic heterocycles. The van der Waals surface area contributed by atoms with Crippen molar-refractivity contribution in [1.29, 1.82) is 0 Å². The number of anilines is 2. The Morgan fingerprint density at radius 2 is 1.59 bits per heavy atom. The third-order valence-corrected chi connectivity index (χ3v) is 11.7. The van der Waals surface area contributed by atoms with Crippen molar-refractivity contribution in [3.63, 3.8) is 0 Å². The van der Waals surface area contributed by atoms with Gasteiger partial charge in [-0.3, -0.25) is 14.4 Å². The average molecular weight is 610 g/mol. The summed E-state index contributed by atoms with van der Waals surface area (Å²) in [5.74, 6) is -1.91. The van der Waals surface area contributed by atoms with E-state index in [2.05, 4.69) is 20.1 Å². The highest BCUT2D eigenvalue weighted by atomic mass is 32.2. The number of amides is 3. The number of carbonyl (C=O) groups excluding carboxylic acids is 3. The van der Waals surface area contributed by atoms with Crippen LogP contribution in [0.2, 0.25) is 0 Å². The number of thioether (sulfide) groups is 1. The van der Waals surface area contributed by atoms with Crippen LogP contribution in [0.25, 0.3) is 10.8 Å². The predicted octanol–water partition coefficient (Wildman–Crippen LogP) is 5.44. The molecule has 0 radical (unpaired) electrons. The van der Waals surface area contributed by atoms with E-state index in [9.17, 15) is 19.5 Å². The summed E-state index contributed by atoms with van der Waals surface area (Å²) in [5, 5.41) is 12.4. The molecule has 1 N–H and O–H groups in total. The molecule has 3 amide bonds. The molecule has 0 saturated carbocycles. The van der Waals surface area contributed by atoms with E-state index in [1.54, 1.807) is 45.5 Å². The monoisotopic (exact) mass is 609 g/mol. The smallest absolute Gasteiger partial charge is 0.251 e. The molecule has 7 nitrogen and oxygen atoms in total. The highest BCUT2D eigenvalue weighted by Crippen LogP contribution is 2.72. The molecule has 0 aromatic heterocycles. The molecule has 1 spiro atoms. The lowest BCUT2D eigenvalue weighted by molar-refractivity contribution is -0.142. The van der Waals surface area contributed by atoms with Crippen molar-refractivity contribution in [1.82, 2.24) is 4.90 Å². The summed E-state index contributed by atoms with van der Waals surface area (Å²) >= 11 is 1.63. The SMILES string of the molecule is C=CCN(C(=O)C1N([C@H](C)CO)C(=O)[C@@H]2[C@H](C(=O)N(CC=C)c3ccccc3)[C@]3(C)CCC12S3)c1ccc2ccccc2c1. The third kappa shape index (κ3) is 4.58. The van der Waals surface area contributed by atoms with Crippen molar-refractivity contribution in [3.8, 4) is 0 Å². The molecule has 8 heteroatoms. The summed E-state index contributed by atoms with van der Waals surface area (Å²) in [5.41, 5.74) is 1.46. The number of para-hydroxylation sites is 1. The van der Waals surface area contributed by atoms with Crippen molar-refractivity contribution in [2.45, 2.75) is 48.3 Å². The van der Waals surface area contributed by atoms with Gasteiger partial charge in [-0.05, 0) is 61.7 Å². The first-order chi connectivity index (χ1) is 21.2. The van der Waals surface area contributed by atoms with Crippen LogP contribution in [-0.2, 0) is 14.4 Å². The molecule has 6 rings (SSSR count). The largest absolute Gasteiger partial charge is 0.394 e. The summed E-state index contributed by atoms with van der Waals surface area (Å²) in [6, 6.07) is 21.9. The van der Waals surface area contributed by atoms with Crippen LogP contribution in [0.3, 0.4) is 0 Å². The fourth-order valence-corrected chi connectivity index (χ4v) is 10.1. The first-order valence-corrected chi connectivity index (χ1v) is 16.0. The molecule has 3 aromatic rings. The average Bonchev–Trinajstić information content (AvgIpc) is 3.62. The van der Waals surface area contributed by atoms with Crippen molar-refractivity contribution in [2.24, 2.45) is 11.8 Å². The third-order valence-electron chi connectivity index (χ3n) is 9.72. The number of fused-ring (bicyclic) bond motifs is 2. The van der Waals surface area contributed by atoms with Crippen molar-refractivity contribution in [2.75, 3.05) is 29.5 Å². The van der Waals surface area contributed by atoms with E-state index in [0.29, 0.717) is 19.4 Å². The molecule has 228 valence electrons. The van der Waals surface area contributed by atoms with Crippen LogP contribution in [0.5, 0.6) is 0 Å². The van der Waals surface area contributed by atoms with Crippen LogP contribution < -0.4 is 9.80 Å². The van der Waals surface area contributed by atoms with Gasteiger partial charge in [0.1, 0.15) is 6.04 Å². The Hall–Kier alpha value is -3.88. The molecular formula is C36H39N3O4S. The number of carbonyl (C=O) groups is 3. The minimum absolute atomic E-state index is 0.131. The van der Waals surface area contributed by atoms with Gasteiger partial charge in [0, 0.05) is 29.2 Å². The van der Waals surface area contributed by atoms with E-state index in [0.717, 1.165) is 22.1 Å². The molecule has 44 heavy (non-hydrogen) atoms. The van der Waals surface area contributed by atoms with Gasteiger partial charge in [0.25, 0.3) is 5.91 Å². The first kappa shape index (κ1) is 30.2. The Bertz CT molecular complexity index is 1630. The Balaban J connectivity index is 1.44. The minimum atomic E-state index is -0.845. The van der Waals surface area contributed by atoms with E-state index < -0.39 is 33.4 Å². The van der Waals surface area contributed by atoms with Gasteiger partial charge in [-0.25, -0.2) is 0 Å². The molecule has 3 heterocycles. The maximum absolute atomic E-state index is 14.9. The number of rotatable bonds is 10. The number of nitrogens with zero attached hydrogens (tertiary/aromatic N) is 3. The van der Waals surface area contributed by atoms with Crippen molar-refractivity contribution in [3.05, 3.63) is 98.1 Å². The first-order valence-electron chi connectivity index (χ1n) is 15.2. The normalized spacial score (nSPS) is 27.7. The number of hydrogen-bond acceptors (Lipinski definition) is 5. The molecule has 2 bridgehead atoms. The zero-order valence-corrected chi connectivity index (χ0v) is 26.1. The molecular weight excluding hydrogens is 570 g/mol. The standard InChI is InChI=1S/C36H39N3O4S/c1-5-20-37(27-14-8-7-9-15-27)32(41)29-30-33(42)39(24(3)23-40)31(36(30)19-18-35(29,4)44-36)34(43)38(21-6-2)28-17-16-25-12-10-11-13-26(25)22-28/h5-17,22,24,29-31,40H,1-2,18-21,23H2,3-4H3/t24-,29-,30+,31?,35+,36?/m1/s1. The molecule has 3 aromatic carbocycles. The van der Waals surface area contributed by atoms with Crippen LogP contribution in [0, 0.1) is 11.8 Å². The van der Waals surface area contributed by atoms with Gasteiger partial charge in [0.15, 0.2) is 0 Å². The Morgan fingerprint density at radius 1 is 0.955 bits per heavy atom. The van der Waals surface area contributed by atoms with E-state index in [4.69, 9.17) is 0 Å². The molecule has 0 aliphatic carbocycles. The van der Waals surface area contributed by atoms with Gasteiger partial charge in [-0.2, -0.15) is 0 Å². The summed E-state index contributed by atoms with van der Waals surface area (Å²) in [6.45, 7) is 11.9. The molecule has 3 saturated heterocycles. The summed E-state index contributed by atoms with van der Waals surface area (Å²) in [7, 11) is 0. The van der Waals surface area contributed by atoms with Gasteiger partial charge in [-0.15, -0.1) is 24.9 Å². The zero-order chi connectivity index (χ0) is 31.2. The van der Waals surface area contributed by atoms with Crippen molar-refractivity contribution >= 4 is 51.6 Å². The van der Waals surface area contributed by atoms with Crippen LogP contribution in [-0.4, -0.2) is 69.0 Å². The van der Waals surface area contributed by atoms with Crippen molar-refractivity contribution < 1.29 is 19.5 Å². The summed E-state index contributed by atoms with van der Waals surface area (Å²) in [6.07, 6.45) is 4.73. The van der Waals surface area contributed by atoms with Crippen LogP contribution >= 0.6 is 11.8 Å². The number of likely N-dealkylation sites (tertiary alicyclic amines) is 1. The molecule has 6 atom stereocenters. The van der Waals surface area contributed by atoms with Gasteiger partial charge in [0.05, 0.1) is 29.2 Å². The Labute approximate surface area is 263 Å². The fourth-order valence-electron chi connectivity index (χ4n) is 7.75. The molecule has 3 fully saturated rings. The zero-order valence-electron chi connectivity index (χ0n) is 25.3. The van der Waals surface area contributed by atoms with Crippen LogP contribution in [0.1, 0.15) is 26.7 Å². The van der Waals surface area contributed by atoms with Gasteiger partial charge < -0.3 is 19.8 Å². The van der Waals surface area contributed by atoms with Crippen LogP contribution in [0.15, 0.2) is 98.1 Å². The number of aliphatic hydroxyl groups is 1. The van der Waals surface area contributed by atoms with Gasteiger partial charge in [0.2, 0.25) is 11.8 Å². The Kier molecular flexibility index (Phi) is 7.92. The second kappa shape index (κ2) is 11.6. The topological polar surface area (TPSA) is 81.2 Å². The summed E-state index contributed by atoms with van der Waals surface area (Å²) < 4.78 is -1.33. The lowest BCUT2D eigenvalue weighted by Gasteiger charge is -2.39. The number of benzene rings is 3. The van der Waals surface area contributed by atoms with E-state index in [-0.39, 0.29) is 30.9 Å². The minimum Gasteiger partial charge on any atom is -0.394 e. The number of aliphatic hydroxyl groups excluding tert-OH is 1. The second-order valence-corrected chi connectivity index (χ2v) is 14.2. The lowest BCUT2D eigenvalue weighted by Crippen LogP contribution is -2.57. The van der Waals surface area contributed by atoms with Gasteiger partial charge >= 0.3 is 0 Å². The molecule has 2 unspecified atom stereocenters. The van der Waals surface area contributed by atoms with Crippen LogP contribution in [0.4, 0.5) is 11.4 Å². The molecule has 3 aliphatic rings. The van der Waals surface area contributed by atoms with Gasteiger partial charge in [-0.1, -0.05) is 60.7 Å². The second-order valence-electron chi connectivity index (χ2n) is 12.3. The predicted molar refractivity (Wildman–Crippen MR) is 178 cm³/mol. The quantitative estimate of drug-likeness (QED) is 0.310. The highest BCUT2D eigenvalue weighted by molar-refractivity contribution is 8.02. The van der Waals surface area contributed by atoms with E-state index in [1.165, 1.54) is 0 Å². The number of hydrogen-bond donors (Lipinski definition) is 1. The van der Waals surface area contributed by atoms with E-state index in [1.807, 2.05) is 72.8 Å².